The second-order valence-corrected chi connectivity index (χ2v) is 4.20. The minimum Gasteiger partial charge on any atom is -0.480 e. The number of ether oxygens (including phenoxy) is 1. The number of nitrogens with one attached hydrogen (secondary N) is 1. The van der Waals surface area contributed by atoms with Crippen LogP contribution in [0.15, 0.2) is 27.8 Å². The van der Waals surface area contributed by atoms with Crippen LogP contribution in [0.25, 0.3) is 0 Å². The van der Waals surface area contributed by atoms with E-state index in [0.29, 0.717) is 22.8 Å². The van der Waals surface area contributed by atoms with E-state index in [4.69, 9.17) is 10.5 Å². The Morgan fingerprint density at radius 1 is 1.56 bits per heavy atom. The second kappa shape index (κ2) is 5.18. The number of anilines is 1. The van der Waals surface area contributed by atoms with Crippen LogP contribution < -0.4 is 10.5 Å². The number of rotatable bonds is 3. The Morgan fingerprint density at radius 2 is 2.33 bits per heavy atom. The van der Waals surface area contributed by atoms with Crippen molar-refractivity contribution in [3.63, 3.8) is 0 Å². The molecule has 0 atom stereocenters. The Hall–Kier alpha value is -1.89. The summed E-state index contributed by atoms with van der Waals surface area (Å²) >= 11 is 3.13. The van der Waals surface area contributed by atoms with Gasteiger partial charge in [-0.05, 0) is 28.1 Å². The molecule has 94 valence electrons. The maximum atomic E-state index is 13.4. The standard InChI is InChI=1S/C11H10BrFN4O/c1-18-11-9(5-16-17-11)15-4-6-8(14)3-2-7(13)10(6)12/h2-5H,14H2,1H3,(H,16,17). The van der Waals surface area contributed by atoms with E-state index in [1.165, 1.54) is 31.7 Å². The van der Waals surface area contributed by atoms with Crippen molar-refractivity contribution in [2.45, 2.75) is 0 Å². The summed E-state index contributed by atoms with van der Waals surface area (Å²) in [6, 6.07) is 2.77. The first-order chi connectivity index (χ1) is 8.63. The summed E-state index contributed by atoms with van der Waals surface area (Å²) in [5, 5.41) is 6.42. The fraction of sp³-hybridized carbons (Fsp3) is 0.0909. The zero-order valence-electron chi connectivity index (χ0n) is 9.45. The number of aromatic nitrogens is 2. The monoisotopic (exact) mass is 312 g/mol. The average molecular weight is 313 g/mol. The summed E-state index contributed by atoms with van der Waals surface area (Å²) in [4.78, 5) is 4.15. The molecule has 18 heavy (non-hydrogen) atoms. The van der Waals surface area contributed by atoms with Gasteiger partial charge in [0.05, 0.1) is 17.8 Å². The van der Waals surface area contributed by atoms with E-state index < -0.39 is 5.82 Å². The van der Waals surface area contributed by atoms with E-state index in [9.17, 15) is 4.39 Å². The number of nitrogens with two attached hydrogens (primary N) is 1. The van der Waals surface area contributed by atoms with Crippen molar-refractivity contribution >= 4 is 33.5 Å². The molecule has 0 spiro atoms. The normalized spacial score (nSPS) is 11.1. The van der Waals surface area contributed by atoms with Gasteiger partial charge in [-0.3, -0.25) is 0 Å². The number of hydrogen-bond acceptors (Lipinski definition) is 4. The number of hydrogen-bond donors (Lipinski definition) is 2. The van der Waals surface area contributed by atoms with E-state index in [0.717, 1.165) is 0 Å². The highest BCUT2D eigenvalue weighted by Gasteiger charge is 2.08. The van der Waals surface area contributed by atoms with Crippen LogP contribution in [0.4, 0.5) is 15.8 Å². The molecule has 1 aromatic carbocycles. The smallest absolute Gasteiger partial charge is 0.235 e. The third-order valence-electron chi connectivity index (χ3n) is 2.29. The van der Waals surface area contributed by atoms with Crippen LogP contribution >= 0.6 is 15.9 Å². The van der Waals surface area contributed by atoms with Crippen molar-refractivity contribution in [2.24, 2.45) is 4.99 Å². The van der Waals surface area contributed by atoms with Gasteiger partial charge in [-0.2, -0.15) is 5.10 Å². The molecule has 5 nitrogen and oxygen atoms in total. The van der Waals surface area contributed by atoms with Gasteiger partial charge in [-0.25, -0.2) is 14.5 Å². The fourth-order valence-electron chi connectivity index (χ4n) is 1.36. The number of halogens is 2. The lowest BCUT2D eigenvalue weighted by atomic mass is 10.2. The Kier molecular flexibility index (Phi) is 3.61. The molecule has 0 saturated carbocycles. The van der Waals surface area contributed by atoms with Gasteiger partial charge in [-0.15, -0.1) is 0 Å². The second-order valence-electron chi connectivity index (χ2n) is 3.41. The number of nitrogens with zero attached hydrogens (tertiary/aromatic N) is 2. The number of aromatic amines is 1. The molecular weight excluding hydrogens is 303 g/mol. The summed E-state index contributed by atoms with van der Waals surface area (Å²) in [7, 11) is 1.50. The summed E-state index contributed by atoms with van der Waals surface area (Å²) in [5.74, 6) is 0.0298. The van der Waals surface area contributed by atoms with Crippen LogP contribution in [0.1, 0.15) is 5.56 Å². The summed E-state index contributed by atoms with van der Waals surface area (Å²) in [6.07, 6.45) is 2.95. The number of nitrogen functional groups attached to an aromatic ring is 1. The van der Waals surface area contributed by atoms with E-state index in [1.54, 1.807) is 0 Å². The predicted octanol–water partition coefficient (Wildman–Crippen LogP) is 2.65. The zero-order chi connectivity index (χ0) is 13.1. The molecule has 0 unspecified atom stereocenters. The minimum atomic E-state index is -0.398. The van der Waals surface area contributed by atoms with E-state index >= 15 is 0 Å². The van der Waals surface area contributed by atoms with Gasteiger partial charge in [0, 0.05) is 17.5 Å². The lowest BCUT2D eigenvalue weighted by Crippen LogP contribution is -1.96. The Bertz CT molecular complexity index is 597. The number of benzene rings is 1. The van der Waals surface area contributed by atoms with Crippen LogP contribution in [-0.2, 0) is 0 Å². The van der Waals surface area contributed by atoms with Crippen LogP contribution in [0.3, 0.4) is 0 Å². The molecule has 0 aliphatic rings. The van der Waals surface area contributed by atoms with Gasteiger partial charge in [0.15, 0.2) is 0 Å². The van der Waals surface area contributed by atoms with Crippen molar-refractivity contribution in [3.8, 4) is 5.88 Å². The predicted molar refractivity (Wildman–Crippen MR) is 70.9 cm³/mol. The fourth-order valence-corrected chi connectivity index (χ4v) is 1.82. The Balaban J connectivity index is 2.38. The molecule has 3 N–H and O–H groups in total. The van der Waals surface area contributed by atoms with Crippen LogP contribution in [-0.4, -0.2) is 23.5 Å². The topological polar surface area (TPSA) is 76.3 Å². The Labute approximate surface area is 111 Å². The maximum Gasteiger partial charge on any atom is 0.235 e. The highest BCUT2D eigenvalue weighted by molar-refractivity contribution is 9.10. The first kappa shape index (κ1) is 12.6. The first-order valence-electron chi connectivity index (χ1n) is 4.98. The third kappa shape index (κ3) is 2.35. The van der Waals surface area contributed by atoms with Gasteiger partial charge in [-0.1, -0.05) is 0 Å². The minimum absolute atomic E-state index is 0.272. The molecular formula is C11H10BrFN4O. The molecule has 0 bridgehead atoms. The van der Waals surface area contributed by atoms with Gasteiger partial charge in [0.1, 0.15) is 11.5 Å². The number of aliphatic imine (C=N–C) groups is 1. The van der Waals surface area contributed by atoms with Crippen molar-refractivity contribution in [1.82, 2.24) is 10.2 Å². The van der Waals surface area contributed by atoms with Crippen molar-refractivity contribution in [2.75, 3.05) is 12.8 Å². The van der Waals surface area contributed by atoms with E-state index in [-0.39, 0.29) is 4.47 Å². The van der Waals surface area contributed by atoms with Gasteiger partial charge < -0.3 is 10.5 Å². The molecule has 0 fully saturated rings. The number of methoxy groups -OCH3 is 1. The molecule has 2 aromatic rings. The molecule has 2 rings (SSSR count). The highest BCUT2D eigenvalue weighted by atomic mass is 79.9. The first-order valence-corrected chi connectivity index (χ1v) is 5.77. The van der Waals surface area contributed by atoms with Gasteiger partial charge >= 0.3 is 0 Å². The van der Waals surface area contributed by atoms with Crippen molar-refractivity contribution in [1.29, 1.82) is 0 Å². The van der Waals surface area contributed by atoms with Gasteiger partial charge in [0.2, 0.25) is 5.88 Å². The SMILES string of the molecule is COc1[nH]ncc1N=Cc1c(N)ccc(F)c1Br. The molecule has 0 radical (unpaired) electrons. The zero-order valence-corrected chi connectivity index (χ0v) is 11.0. The quantitative estimate of drug-likeness (QED) is 0.675. The lowest BCUT2D eigenvalue weighted by Gasteiger charge is -2.03. The van der Waals surface area contributed by atoms with E-state index in [1.807, 2.05) is 0 Å². The third-order valence-corrected chi connectivity index (χ3v) is 3.09. The largest absolute Gasteiger partial charge is 0.480 e. The molecule has 0 aliphatic carbocycles. The molecule has 0 amide bonds. The molecule has 1 heterocycles. The average Bonchev–Trinajstić information content (AvgIpc) is 2.81. The van der Waals surface area contributed by atoms with Crippen LogP contribution in [0.5, 0.6) is 5.88 Å². The summed E-state index contributed by atoms with van der Waals surface area (Å²) < 4.78 is 18.6. The number of H-pyrrole nitrogens is 1. The molecule has 1 aromatic heterocycles. The highest BCUT2D eigenvalue weighted by Crippen LogP contribution is 2.27. The van der Waals surface area contributed by atoms with Crippen LogP contribution in [0.2, 0.25) is 0 Å². The molecule has 0 saturated heterocycles. The van der Waals surface area contributed by atoms with E-state index in [2.05, 4.69) is 31.1 Å². The lowest BCUT2D eigenvalue weighted by molar-refractivity contribution is 0.398. The van der Waals surface area contributed by atoms with Crippen molar-refractivity contribution < 1.29 is 9.13 Å². The summed E-state index contributed by atoms with van der Waals surface area (Å²) in [6.45, 7) is 0. The molecule has 0 aliphatic heterocycles. The summed E-state index contributed by atoms with van der Waals surface area (Å²) in [5.41, 5.74) is 7.16. The van der Waals surface area contributed by atoms with Gasteiger partial charge in [0.25, 0.3) is 0 Å². The Morgan fingerprint density at radius 3 is 3.06 bits per heavy atom. The maximum absolute atomic E-state index is 13.4. The molecule has 7 heteroatoms. The van der Waals surface area contributed by atoms with Crippen molar-refractivity contribution in [3.05, 3.63) is 34.2 Å². The van der Waals surface area contributed by atoms with Crippen LogP contribution in [0, 0.1) is 5.82 Å².